The predicted octanol–water partition coefficient (Wildman–Crippen LogP) is 2.53. The lowest BCUT2D eigenvalue weighted by Gasteiger charge is -2.14. The number of rotatable bonds is 5. The van der Waals surface area contributed by atoms with Crippen LogP contribution in [-0.4, -0.2) is 10.2 Å². The van der Waals surface area contributed by atoms with Crippen LogP contribution in [0.4, 0.5) is 8.78 Å². The lowest BCUT2D eigenvalue weighted by Crippen LogP contribution is -2.04. The summed E-state index contributed by atoms with van der Waals surface area (Å²) in [4.78, 5) is 0. The van der Waals surface area contributed by atoms with E-state index in [9.17, 15) is 19.0 Å². The fourth-order valence-electron chi connectivity index (χ4n) is 1.91. The normalized spacial score (nSPS) is 10.6. The SMILES string of the molecule is OCc1cc(F)cc(CO)c1OCc1cccc(F)c1. The summed E-state index contributed by atoms with van der Waals surface area (Å²) in [6.45, 7) is -0.768. The third kappa shape index (κ3) is 3.31. The van der Waals surface area contributed by atoms with Gasteiger partial charge in [-0.2, -0.15) is 0 Å². The molecule has 0 spiro atoms. The van der Waals surface area contributed by atoms with E-state index in [2.05, 4.69) is 0 Å². The largest absolute Gasteiger partial charge is 0.488 e. The first-order valence-corrected chi connectivity index (χ1v) is 6.04. The summed E-state index contributed by atoms with van der Waals surface area (Å²) >= 11 is 0. The lowest BCUT2D eigenvalue weighted by atomic mass is 10.1. The van der Waals surface area contributed by atoms with Crippen LogP contribution in [0, 0.1) is 11.6 Å². The molecule has 3 nitrogen and oxygen atoms in total. The molecule has 0 aromatic heterocycles. The summed E-state index contributed by atoms with van der Waals surface area (Å²) in [7, 11) is 0. The van der Waals surface area contributed by atoms with Gasteiger partial charge < -0.3 is 14.9 Å². The maximum absolute atomic E-state index is 13.3. The Morgan fingerprint density at radius 3 is 2.10 bits per heavy atom. The van der Waals surface area contributed by atoms with Crippen LogP contribution in [0.1, 0.15) is 16.7 Å². The molecule has 0 heterocycles. The molecule has 2 N–H and O–H groups in total. The maximum Gasteiger partial charge on any atom is 0.131 e. The van der Waals surface area contributed by atoms with Crippen molar-refractivity contribution in [2.45, 2.75) is 19.8 Å². The van der Waals surface area contributed by atoms with Gasteiger partial charge in [-0.15, -0.1) is 0 Å². The molecule has 0 aliphatic rings. The van der Waals surface area contributed by atoms with Crippen molar-refractivity contribution < 1.29 is 23.7 Å². The van der Waals surface area contributed by atoms with Gasteiger partial charge in [-0.05, 0) is 29.8 Å². The van der Waals surface area contributed by atoms with Gasteiger partial charge in [0.1, 0.15) is 24.0 Å². The molecule has 0 radical (unpaired) electrons. The Bertz CT molecular complexity index is 574. The lowest BCUT2D eigenvalue weighted by molar-refractivity contribution is 0.241. The Balaban J connectivity index is 2.24. The van der Waals surface area contributed by atoms with Crippen LogP contribution in [0.2, 0.25) is 0 Å². The van der Waals surface area contributed by atoms with Gasteiger partial charge in [0.05, 0.1) is 13.2 Å². The molecule has 2 rings (SSSR count). The van der Waals surface area contributed by atoms with Crippen LogP contribution in [0.15, 0.2) is 36.4 Å². The minimum Gasteiger partial charge on any atom is -0.488 e. The molecule has 0 bridgehead atoms. The monoisotopic (exact) mass is 280 g/mol. The van der Waals surface area contributed by atoms with Crippen molar-refractivity contribution >= 4 is 0 Å². The summed E-state index contributed by atoms with van der Waals surface area (Å²) < 4.78 is 31.8. The van der Waals surface area contributed by atoms with Crippen molar-refractivity contribution in [1.29, 1.82) is 0 Å². The fraction of sp³-hybridized carbons (Fsp3) is 0.200. The number of hydrogen-bond donors (Lipinski definition) is 2. The van der Waals surface area contributed by atoms with E-state index in [4.69, 9.17) is 4.74 Å². The van der Waals surface area contributed by atoms with Crippen molar-refractivity contribution in [1.82, 2.24) is 0 Å². The molecule has 0 atom stereocenters. The second-order valence-electron chi connectivity index (χ2n) is 4.29. The number of hydrogen-bond acceptors (Lipinski definition) is 3. The van der Waals surface area contributed by atoms with E-state index in [1.807, 2.05) is 0 Å². The topological polar surface area (TPSA) is 49.7 Å². The molecule has 0 saturated heterocycles. The summed E-state index contributed by atoms with van der Waals surface area (Å²) in [5.74, 6) is -0.716. The van der Waals surface area contributed by atoms with E-state index >= 15 is 0 Å². The third-order valence-corrected chi connectivity index (χ3v) is 2.82. The zero-order valence-corrected chi connectivity index (χ0v) is 10.6. The van der Waals surface area contributed by atoms with Crippen LogP contribution in [0.25, 0.3) is 0 Å². The summed E-state index contributed by atoms with van der Waals surface area (Å²) in [6.07, 6.45) is 0. The third-order valence-electron chi connectivity index (χ3n) is 2.82. The van der Waals surface area contributed by atoms with Crippen molar-refractivity contribution in [3.05, 3.63) is 64.7 Å². The van der Waals surface area contributed by atoms with Gasteiger partial charge in [0.25, 0.3) is 0 Å². The minimum atomic E-state index is -0.559. The van der Waals surface area contributed by atoms with Gasteiger partial charge in [-0.1, -0.05) is 12.1 Å². The maximum atomic E-state index is 13.3. The minimum absolute atomic E-state index is 0.0589. The molecule has 5 heteroatoms. The standard InChI is InChI=1S/C15H14F2O3/c16-13-3-1-2-10(4-13)9-20-15-11(7-18)5-14(17)6-12(15)8-19/h1-6,18-19H,7-9H2. The molecular formula is C15H14F2O3. The second kappa shape index (κ2) is 6.45. The van der Waals surface area contributed by atoms with Crippen LogP contribution in [0.5, 0.6) is 5.75 Å². The zero-order valence-electron chi connectivity index (χ0n) is 10.6. The Kier molecular flexibility index (Phi) is 4.65. The first-order chi connectivity index (χ1) is 9.63. The Morgan fingerprint density at radius 1 is 0.900 bits per heavy atom. The average Bonchev–Trinajstić information content (AvgIpc) is 2.45. The van der Waals surface area contributed by atoms with Gasteiger partial charge in [-0.25, -0.2) is 8.78 Å². The van der Waals surface area contributed by atoms with Crippen molar-refractivity contribution in [3.8, 4) is 5.75 Å². The number of aliphatic hydroxyl groups is 2. The molecule has 20 heavy (non-hydrogen) atoms. The van der Waals surface area contributed by atoms with E-state index in [1.165, 1.54) is 12.1 Å². The Hall–Kier alpha value is -1.98. The molecule has 0 fully saturated rings. The average molecular weight is 280 g/mol. The van der Waals surface area contributed by atoms with Crippen LogP contribution in [0.3, 0.4) is 0 Å². The highest BCUT2D eigenvalue weighted by atomic mass is 19.1. The van der Waals surface area contributed by atoms with Crippen LogP contribution in [-0.2, 0) is 19.8 Å². The predicted molar refractivity (Wildman–Crippen MR) is 69.0 cm³/mol. The van der Waals surface area contributed by atoms with Crippen molar-refractivity contribution in [3.63, 3.8) is 0 Å². The van der Waals surface area contributed by atoms with Crippen molar-refractivity contribution in [2.75, 3.05) is 0 Å². The van der Waals surface area contributed by atoms with Gasteiger partial charge >= 0.3 is 0 Å². The fourth-order valence-corrected chi connectivity index (χ4v) is 1.91. The first-order valence-electron chi connectivity index (χ1n) is 6.04. The highest BCUT2D eigenvalue weighted by Gasteiger charge is 2.12. The molecule has 2 aromatic carbocycles. The Labute approximate surface area is 115 Å². The Morgan fingerprint density at radius 2 is 1.55 bits per heavy atom. The number of benzene rings is 2. The molecule has 0 saturated carbocycles. The first kappa shape index (κ1) is 14.4. The van der Waals surface area contributed by atoms with Gasteiger partial charge in [0.15, 0.2) is 0 Å². The molecule has 0 aliphatic heterocycles. The number of ether oxygens (including phenoxy) is 1. The van der Waals surface area contributed by atoms with Gasteiger partial charge in [0.2, 0.25) is 0 Å². The smallest absolute Gasteiger partial charge is 0.131 e. The van der Waals surface area contributed by atoms with Crippen molar-refractivity contribution in [2.24, 2.45) is 0 Å². The number of aliphatic hydroxyl groups excluding tert-OH is 2. The van der Waals surface area contributed by atoms with E-state index in [0.29, 0.717) is 5.56 Å². The summed E-state index contributed by atoms with van der Waals surface area (Å²) in [5, 5.41) is 18.4. The molecule has 0 amide bonds. The van der Waals surface area contributed by atoms with E-state index < -0.39 is 19.0 Å². The van der Waals surface area contributed by atoms with E-state index in [0.717, 1.165) is 12.1 Å². The van der Waals surface area contributed by atoms with Gasteiger partial charge in [-0.3, -0.25) is 0 Å². The van der Waals surface area contributed by atoms with Gasteiger partial charge in [0, 0.05) is 11.1 Å². The number of halogens is 2. The molecular weight excluding hydrogens is 266 g/mol. The quantitative estimate of drug-likeness (QED) is 0.885. The summed E-state index contributed by atoms with van der Waals surface area (Å²) in [5.41, 5.74) is 1.08. The van der Waals surface area contributed by atoms with E-state index in [-0.39, 0.29) is 29.3 Å². The van der Waals surface area contributed by atoms with Crippen LogP contribution >= 0.6 is 0 Å². The zero-order chi connectivity index (χ0) is 14.5. The molecule has 2 aromatic rings. The summed E-state index contributed by atoms with van der Waals surface area (Å²) in [6, 6.07) is 8.16. The molecule has 0 aliphatic carbocycles. The molecule has 0 unspecified atom stereocenters. The van der Waals surface area contributed by atoms with E-state index in [1.54, 1.807) is 12.1 Å². The highest BCUT2D eigenvalue weighted by molar-refractivity contribution is 5.41. The van der Waals surface area contributed by atoms with Crippen LogP contribution < -0.4 is 4.74 Å². The second-order valence-corrected chi connectivity index (χ2v) is 4.29. The molecule has 106 valence electrons. The highest BCUT2D eigenvalue weighted by Crippen LogP contribution is 2.27.